The van der Waals surface area contributed by atoms with Gasteiger partial charge in [0.05, 0.1) is 25.3 Å². The zero-order valence-corrected chi connectivity index (χ0v) is 38.8. The molecule has 1 aliphatic heterocycles. The summed E-state index contributed by atoms with van der Waals surface area (Å²) in [5, 5.41) is 4.78. The van der Waals surface area contributed by atoms with Crippen LogP contribution in [0.15, 0.2) is 50.3 Å². The van der Waals surface area contributed by atoms with E-state index in [4.69, 9.17) is 59.6 Å². The molecule has 0 radical (unpaired) electrons. The van der Waals surface area contributed by atoms with E-state index in [-0.39, 0.29) is 65.1 Å². The highest BCUT2D eigenvalue weighted by molar-refractivity contribution is 7.52. The normalized spacial score (nSPS) is 18.7. The van der Waals surface area contributed by atoms with Crippen molar-refractivity contribution < 1.29 is 65.3 Å². The van der Waals surface area contributed by atoms with Crippen molar-refractivity contribution in [1.29, 1.82) is 0 Å². The summed E-state index contributed by atoms with van der Waals surface area (Å²) in [5.74, 6) is -0.826. The van der Waals surface area contributed by atoms with Crippen molar-refractivity contribution in [2.24, 2.45) is 11.8 Å². The maximum Gasteiger partial charge on any atom is 0.519 e. The molecule has 3 aromatic heterocycles. The van der Waals surface area contributed by atoms with Crippen molar-refractivity contribution in [3.63, 3.8) is 0 Å². The molecule has 0 spiro atoms. The van der Waals surface area contributed by atoms with Crippen LogP contribution in [0.3, 0.4) is 0 Å². The molecular formula is C42H52ClN6O15P. The number of benzene rings is 1. The maximum atomic E-state index is 14.6. The summed E-state index contributed by atoms with van der Waals surface area (Å²) in [6.07, 6.45) is 5.16. The first kappa shape index (κ1) is 50.2. The molecule has 0 aliphatic carbocycles. The number of esters is 3. The lowest BCUT2D eigenvalue weighted by atomic mass is 9.98. The second-order valence-electron chi connectivity index (χ2n) is 16.0. The van der Waals surface area contributed by atoms with Crippen LogP contribution in [0.1, 0.15) is 91.9 Å². The van der Waals surface area contributed by atoms with Gasteiger partial charge in [-0.2, -0.15) is 15.1 Å². The zero-order chi connectivity index (χ0) is 47.7. The summed E-state index contributed by atoms with van der Waals surface area (Å²) >= 11 is 6.34. The van der Waals surface area contributed by atoms with E-state index in [0.717, 1.165) is 12.8 Å². The fraction of sp³-hybridized carbons (Fsp3) is 0.524. The molecule has 4 aromatic rings. The number of hydrogen-bond donors (Lipinski definition) is 2. The number of aryl methyl sites for hydroxylation is 1. The van der Waals surface area contributed by atoms with E-state index in [2.05, 4.69) is 31.3 Å². The molecule has 0 saturated carbocycles. The van der Waals surface area contributed by atoms with Crippen molar-refractivity contribution >= 4 is 60.3 Å². The Kier molecular flexibility index (Phi) is 16.6. The van der Waals surface area contributed by atoms with Gasteiger partial charge in [0, 0.05) is 6.42 Å². The quantitative estimate of drug-likeness (QED) is 0.0285. The number of aromatic nitrogens is 4. The monoisotopic (exact) mass is 946 g/mol. The van der Waals surface area contributed by atoms with Gasteiger partial charge in [-0.1, -0.05) is 64.7 Å². The minimum atomic E-state index is -4.51. The predicted molar refractivity (Wildman–Crippen MR) is 230 cm³/mol. The minimum absolute atomic E-state index is 0.0179. The molecule has 352 valence electrons. The summed E-state index contributed by atoms with van der Waals surface area (Å²) in [5.41, 5.74) is -3.28. The van der Waals surface area contributed by atoms with Crippen molar-refractivity contribution in [3.8, 4) is 18.1 Å². The highest BCUT2D eigenvalue weighted by atomic mass is 35.5. The lowest BCUT2D eigenvalue weighted by Gasteiger charge is -2.31. The highest BCUT2D eigenvalue weighted by Gasteiger charge is 2.53. The Labute approximate surface area is 379 Å². The molecule has 5 rings (SSSR count). The molecule has 4 heterocycles. The summed E-state index contributed by atoms with van der Waals surface area (Å²) in [4.78, 5) is 76.0. The van der Waals surface area contributed by atoms with Crippen LogP contribution >= 0.6 is 19.3 Å². The van der Waals surface area contributed by atoms with Gasteiger partial charge in [-0.05, 0) is 57.3 Å². The lowest BCUT2D eigenvalue weighted by molar-refractivity contribution is -0.162. The van der Waals surface area contributed by atoms with Crippen LogP contribution in [0, 0.1) is 31.1 Å². The summed E-state index contributed by atoms with van der Waals surface area (Å²) in [7, 11) is -4.51. The van der Waals surface area contributed by atoms with Crippen molar-refractivity contribution in [3.05, 3.63) is 64.1 Å². The van der Waals surface area contributed by atoms with Gasteiger partial charge in [-0.15, -0.1) is 6.42 Å². The van der Waals surface area contributed by atoms with Gasteiger partial charge in [-0.25, -0.2) is 19.1 Å². The van der Waals surface area contributed by atoms with Gasteiger partial charge >= 0.3 is 37.6 Å². The van der Waals surface area contributed by atoms with Crippen LogP contribution in [0.4, 0.5) is 10.6 Å². The van der Waals surface area contributed by atoms with Crippen molar-refractivity contribution in [2.75, 3.05) is 18.5 Å². The molecule has 65 heavy (non-hydrogen) atoms. The summed E-state index contributed by atoms with van der Waals surface area (Å²) in [6, 6.07) is 6.91. The third kappa shape index (κ3) is 13.2. The Morgan fingerprint density at radius 3 is 2.42 bits per heavy atom. The number of imidazole rings is 1. The lowest BCUT2D eigenvalue weighted by Crippen LogP contribution is -2.46. The van der Waals surface area contributed by atoms with Crippen LogP contribution in [0.2, 0.25) is 5.28 Å². The molecule has 5 atom stereocenters. The number of nitrogens with one attached hydrogen (secondary N) is 2. The Morgan fingerprint density at radius 1 is 1.08 bits per heavy atom. The van der Waals surface area contributed by atoms with Crippen LogP contribution in [-0.2, 0) is 53.8 Å². The van der Waals surface area contributed by atoms with Gasteiger partial charge < -0.3 is 37.0 Å². The molecule has 0 bridgehead atoms. The molecule has 1 fully saturated rings. The number of anilines is 1. The standard InChI is InChI=1S/C42H52ClN6O15P/c1-10-27(11-2)20-57-37(52)25(6)48-65(55,64-28-16-14-13-15-17-28)58-22-42(12-3)30(61-36(51)24(4)5)18-31(62-42)49-23-44-33-34(45-38(43)47-35(33)49)46-39(53)63-41(8,9)19-32(50)56-21-29-26(7)59-40(54)60-29/h3,13-17,23-25,27,30-31H,10-11,18-22H2,1-2,4-9H3,(H,48,55)(H,45,46,47,53)/t25-,30-,31+,42+,65?/m0/s1. The number of terminal acetylenes is 1. The number of hydrogen-bond acceptors (Lipinski definition) is 18. The number of ether oxygens (including phenoxy) is 5. The van der Waals surface area contributed by atoms with E-state index in [1.165, 1.54) is 50.7 Å². The first-order valence-electron chi connectivity index (χ1n) is 20.6. The Morgan fingerprint density at radius 2 is 1.78 bits per heavy atom. The topological polar surface area (TPSA) is 261 Å². The van der Waals surface area contributed by atoms with Gasteiger partial charge in [0.1, 0.15) is 36.3 Å². The van der Waals surface area contributed by atoms with Crippen molar-refractivity contribution in [2.45, 2.75) is 117 Å². The molecule has 21 nitrogen and oxygen atoms in total. The average molecular weight is 947 g/mol. The van der Waals surface area contributed by atoms with Crippen LogP contribution in [0.5, 0.6) is 5.75 Å². The number of para-hydroxylation sites is 1. The fourth-order valence-electron chi connectivity index (χ4n) is 6.30. The number of carbonyl (C=O) groups is 4. The fourth-order valence-corrected chi connectivity index (χ4v) is 7.99. The van der Waals surface area contributed by atoms with E-state index in [9.17, 15) is 28.5 Å². The number of rotatable bonds is 21. The summed E-state index contributed by atoms with van der Waals surface area (Å²) < 4.78 is 65.9. The van der Waals surface area contributed by atoms with Crippen molar-refractivity contribution in [1.82, 2.24) is 24.6 Å². The average Bonchev–Trinajstić information content (AvgIpc) is 3.93. The zero-order valence-electron chi connectivity index (χ0n) is 37.1. The number of halogens is 1. The largest absolute Gasteiger partial charge is 0.519 e. The Bertz CT molecular complexity index is 2480. The van der Waals surface area contributed by atoms with E-state index in [0.29, 0.717) is 0 Å². The predicted octanol–water partition coefficient (Wildman–Crippen LogP) is 6.81. The highest BCUT2D eigenvalue weighted by Crippen LogP contribution is 2.48. The minimum Gasteiger partial charge on any atom is -0.464 e. The maximum absolute atomic E-state index is 14.6. The third-order valence-electron chi connectivity index (χ3n) is 10.1. The molecule has 1 aliphatic rings. The SMILES string of the molecule is C#C[C@]1(COP(=O)(N[C@@H](C)C(=O)OCC(CC)CC)Oc2ccccc2)O[C@@H](n2cnc3c(NC(=O)OC(C)(C)CC(=O)OCc4oc(=O)oc4C)nc(Cl)nc32)C[C@@H]1OC(=O)C(C)C. The van der Waals surface area contributed by atoms with Crippen LogP contribution in [0.25, 0.3) is 11.2 Å². The first-order chi connectivity index (χ1) is 30.7. The number of amides is 1. The second-order valence-corrected chi connectivity index (χ2v) is 18.0. The summed E-state index contributed by atoms with van der Waals surface area (Å²) in [6.45, 7) is 12.1. The van der Waals surface area contributed by atoms with Gasteiger partial charge in [-0.3, -0.25) is 28.8 Å². The Hall–Kier alpha value is -5.78. The first-order valence-corrected chi connectivity index (χ1v) is 22.6. The van der Waals surface area contributed by atoms with Gasteiger partial charge in [0.2, 0.25) is 5.28 Å². The molecular weight excluding hydrogens is 895 g/mol. The molecule has 23 heteroatoms. The Balaban J connectivity index is 1.36. The molecule has 1 saturated heterocycles. The molecule has 1 aromatic carbocycles. The molecule has 1 unspecified atom stereocenters. The smallest absolute Gasteiger partial charge is 0.464 e. The van der Waals surface area contributed by atoms with E-state index in [1.54, 1.807) is 32.0 Å². The number of carbonyl (C=O) groups excluding carboxylic acids is 4. The number of nitrogens with zero attached hydrogens (tertiary/aromatic N) is 4. The van der Waals surface area contributed by atoms with Gasteiger partial charge in [0.25, 0.3) is 0 Å². The molecule has 2 N–H and O–H groups in total. The van der Waals surface area contributed by atoms with E-state index in [1.807, 2.05) is 13.8 Å². The van der Waals surface area contributed by atoms with E-state index < -0.39 is 86.1 Å². The van der Waals surface area contributed by atoms with E-state index >= 15 is 0 Å². The third-order valence-corrected chi connectivity index (χ3v) is 11.9. The van der Waals surface area contributed by atoms with Gasteiger partial charge in [0.15, 0.2) is 40.7 Å². The van der Waals surface area contributed by atoms with Crippen LogP contribution in [-0.4, -0.2) is 80.1 Å². The van der Waals surface area contributed by atoms with Crippen LogP contribution < -0.4 is 20.8 Å². The second kappa shape index (κ2) is 21.5. The number of fused-ring (bicyclic) bond motifs is 1. The molecule has 1 amide bonds.